The van der Waals surface area contributed by atoms with Gasteiger partial charge in [0.1, 0.15) is 12.2 Å². The van der Waals surface area contributed by atoms with Crippen molar-refractivity contribution in [2.45, 2.75) is 71.8 Å². The molecule has 0 bridgehead atoms. The van der Waals surface area contributed by atoms with E-state index in [-0.39, 0.29) is 23.8 Å². The number of nitrogens with zero attached hydrogens (tertiary/aromatic N) is 3. The molecule has 4 rings (SSSR count). The molecule has 1 fully saturated rings. The van der Waals surface area contributed by atoms with Gasteiger partial charge in [-0.05, 0) is 66.5 Å². The summed E-state index contributed by atoms with van der Waals surface area (Å²) >= 11 is 0. The topological polar surface area (TPSA) is 93.5 Å². The minimum atomic E-state index is -0.843. The zero-order chi connectivity index (χ0) is 30.4. The zero-order valence-electron chi connectivity index (χ0n) is 25.1. The van der Waals surface area contributed by atoms with Crippen LogP contribution in [0.1, 0.15) is 67.4 Å². The summed E-state index contributed by atoms with van der Waals surface area (Å²) in [6, 6.07) is 9.67. The van der Waals surface area contributed by atoms with E-state index >= 15 is 0 Å². The van der Waals surface area contributed by atoms with Crippen molar-refractivity contribution in [2.24, 2.45) is 5.92 Å². The van der Waals surface area contributed by atoms with Crippen LogP contribution in [-0.4, -0.2) is 52.7 Å². The summed E-state index contributed by atoms with van der Waals surface area (Å²) in [5.74, 6) is -0.747. The number of carbonyl (C=O) groups excluding carboxylic acids is 2. The summed E-state index contributed by atoms with van der Waals surface area (Å²) in [7, 11) is 1.31. The van der Waals surface area contributed by atoms with E-state index in [9.17, 15) is 18.8 Å². The van der Waals surface area contributed by atoms with Crippen LogP contribution in [0.4, 0.5) is 4.39 Å². The van der Waals surface area contributed by atoms with Crippen molar-refractivity contribution >= 4 is 11.9 Å². The molecule has 0 radical (unpaired) electrons. The number of hydrogen-bond donors (Lipinski definition) is 1. The molecule has 1 aromatic carbocycles. The molecule has 0 aliphatic carbocycles. The van der Waals surface area contributed by atoms with Gasteiger partial charge < -0.3 is 14.6 Å². The Morgan fingerprint density at radius 1 is 1.14 bits per heavy atom. The van der Waals surface area contributed by atoms with E-state index < -0.39 is 24.2 Å². The summed E-state index contributed by atoms with van der Waals surface area (Å²) < 4.78 is 20.2. The van der Waals surface area contributed by atoms with Crippen LogP contribution in [0.15, 0.2) is 59.8 Å². The van der Waals surface area contributed by atoms with E-state index in [0.717, 1.165) is 27.8 Å². The van der Waals surface area contributed by atoms with Crippen molar-refractivity contribution in [2.75, 3.05) is 20.2 Å². The average Bonchev–Trinajstić information content (AvgIpc) is 3.36. The number of pyridine rings is 2. The van der Waals surface area contributed by atoms with Gasteiger partial charge in [0.15, 0.2) is 0 Å². The lowest BCUT2D eigenvalue weighted by atomic mass is 9.94. The quantitative estimate of drug-likeness (QED) is 0.320. The molecule has 42 heavy (non-hydrogen) atoms. The van der Waals surface area contributed by atoms with Crippen molar-refractivity contribution in [3.05, 3.63) is 87.6 Å². The molecule has 3 aromatic rings. The van der Waals surface area contributed by atoms with Crippen LogP contribution in [0, 0.1) is 19.8 Å². The van der Waals surface area contributed by atoms with Gasteiger partial charge in [-0.15, -0.1) is 0 Å². The molecule has 1 aliphatic rings. The number of ether oxygens (including phenoxy) is 1. The summed E-state index contributed by atoms with van der Waals surface area (Å²) in [6.07, 6.45) is 5.10. The number of carbonyl (C=O) groups is 2. The fourth-order valence-electron chi connectivity index (χ4n) is 5.69. The third kappa shape index (κ3) is 7.70. The summed E-state index contributed by atoms with van der Waals surface area (Å²) in [6.45, 7) is 9.56. The number of rotatable bonds is 11. The lowest BCUT2D eigenvalue weighted by Crippen LogP contribution is -2.40. The predicted octanol–water partition coefficient (Wildman–Crippen LogP) is 5.08. The molecule has 0 spiro atoms. The Hall–Kier alpha value is -3.85. The molecule has 2 aromatic heterocycles. The monoisotopic (exact) mass is 576 g/mol. The third-order valence-corrected chi connectivity index (χ3v) is 7.80. The van der Waals surface area contributed by atoms with Crippen molar-refractivity contribution in [3.8, 4) is 11.1 Å². The SMILES string of the molecule is COC(=O)CC(NC(=O)C(CC(C)C)n1cc(CN2CC[C@@H](F)C2)ccc1=O)c1cncc(-c2c(C)cccc2C)c1. The second kappa shape index (κ2) is 13.9. The number of aromatic nitrogens is 2. The smallest absolute Gasteiger partial charge is 0.307 e. The van der Waals surface area contributed by atoms with Crippen LogP contribution in [0.25, 0.3) is 11.1 Å². The average molecular weight is 577 g/mol. The molecule has 1 aliphatic heterocycles. The van der Waals surface area contributed by atoms with Crippen molar-refractivity contribution in [3.63, 3.8) is 0 Å². The van der Waals surface area contributed by atoms with E-state index in [0.29, 0.717) is 38.0 Å². The highest BCUT2D eigenvalue weighted by molar-refractivity contribution is 5.82. The second-order valence-corrected chi connectivity index (χ2v) is 11.7. The maximum absolute atomic E-state index is 13.9. The van der Waals surface area contributed by atoms with E-state index in [1.807, 2.05) is 56.9 Å². The van der Waals surface area contributed by atoms with Crippen molar-refractivity contribution in [1.29, 1.82) is 0 Å². The highest BCUT2D eigenvalue weighted by Gasteiger charge is 2.28. The fraction of sp³-hybridized carbons (Fsp3) is 0.455. The first-order valence-electron chi connectivity index (χ1n) is 14.5. The minimum Gasteiger partial charge on any atom is -0.469 e. The fourth-order valence-corrected chi connectivity index (χ4v) is 5.69. The van der Waals surface area contributed by atoms with Gasteiger partial charge in [0.2, 0.25) is 5.91 Å². The third-order valence-electron chi connectivity index (χ3n) is 7.80. The molecule has 0 saturated carbocycles. The number of benzene rings is 1. The Balaban J connectivity index is 1.66. The van der Waals surface area contributed by atoms with Crippen LogP contribution in [0.5, 0.6) is 0 Å². The van der Waals surface area contributed by atoms with Gasteiger partial charge in [-0.1, -0.05) is 38.1 Å². The molecule has 1 saturated heterocycles. The van der Waals surface area contributed by atoms with Gasteiger partial charge in [0.25, 0.3) is 5.56 Å². The normalized spacial score (nSPS) is 16.8. The molecular weight excluding hydrogens is 535 g/mol. The van der Waals surface area contributed by atoms with E-state index in [1.165, 1.54) is 17.7 Å². The van der Waals surface area contributed by atoms with Gasteiger partial charge in [0.05, 0.1) is 19.6 Å². The van der Waals surface area contributed by atoms with Gasteiger partial charge in [-0.3, -0.25) is 24.3 Å². The Kier molecular flexibility index (Phi) is 10.3. The van der Waals surface area contributed by atoms with Crippen LogP contribution in [-0.2, 0) is 20.9 Å². The second-order valence-electron chi connectivity index (χ2n) is 11.7. The number of likely N-dealkylation sites (tertiary alicyclic amines) is 1. The van der Waals surface area contributed by atoms with Gasteiger partial charge in [-0.25, -0.2) is 4.39 Å². The minimum absolute atomic E-state index is 0.0944. The Labute approximate surface area is 246 Å². The zero-order valence-corrected chi connectivity index (χ0v) is 25.1. The van der Waals surface area contributed by atoms with E-state index in [1.54, 1.807) is 24.7 Å². The van der Waals surface area contributed by atoms with Crippen LogP contribution < -0.4 is 10.9 Å². The number of alkyl halides is 1. The Morgan fingerprint density at radius 3 is 2.52 bits per heavy atom. The number of nitrogens with one attached hydrogen (secondary N) is 1. The number of methoxy groups -OCH3 is 1. The highest BCUT2D eigenvalue weighted by Crippen LogP contribution is 2.30. The Bertz CT molecular complexity index is 1450. The highest BCUT2D eigenvalue weighted by atomic mass is 19.1. The maximum Gasteiger partial charge on any atom is 0.307 e. The van der Waals surface area contributed by atoms with E-state index in [4.69, 9.17) is 4.74 Å². The molecule has 3 heterocycles. The van der Waals surface area contributed by atoms with Crippen LogP contribution >= 0.6 is 0 Å². The summed E-state index contributed by atoms with van der Waals surface area (Å²) in [5, 5.41) is 3.04. The first-order chi connectivity index (χ1) is 20.0. The number of halogens is 1. The number of hydrogen-bond acceptors (Lipinski definition) is 6. The Morgan fingerprint density at radius 2 is 1.88 bits per heavy atom. The predicted molar refractivity (Wildman–Crippen MR) is 161 cm³/mol. The molecule has 224 valence electrons. The van der Waals surface area contributed by atoms with Crippen molar-refractivity contribution < 1.29 is 18.7 Å². The van der Waals surface area contributed by atoms with Crippen LogP contribution in [0.2, 0.25) is 0 Å². The largest absolute Gasteiger partial charge is 0.469 e. The van der Waals surface area contributed by atoms with Gasteiger partial charge in [-0.2, -0.15) is 0 Å². The molecule has 2 unspecified atom stereocenters. The van der Waals surface area contributed by atoms with E-state index in [2.05, 4.69) is 10.3 Å². The first-order valence-corrected chi connectivity index (χ1v) is 14.5. The first kappa shape index (κ1) is 31.1. The lowest BCUT2D eigenvalue weighted by molar-refractivity contribution is -0.141. The lowest BCUT2D eigenvalue weighted by Gasteiger charge is -2.26. The molecule has 1 amide bonds. The van der Waals surface area contributed by atoms with Crippen molar-refractivity contribution in [1.82, 2.24) is 19.8 Å². The van der Waals surface area contributed by atoms with Gasteiger partial charge >= 0.3 is 5.97 Å². The number of esters is 1. The number of aryl methyl sites for hydroxylation is 2. The summed E-state index contributed by atoms with van der Waals surface area (Å²) in [5.41, 5.74) is 5.31. The molecule has 8 nitrogen and oxygen atoms in total. The molecule has 3 atom stereocenters. The number of amides is 1. The molecule has 1 N–H and O–H groups in total. The molecule has 9 heteroatoms. The summed E-state index contributed by atoms with van der Waals surface area (Å²) in [4.78, 5) is 45.9. The maximum atomic E-state index is 13.9. The molecular formula is C33H41FN4O4. The van der Waals surface area contributed by atoms with Crippen LogP contribution in [0.3, 0.4) is 0 Å². The van der Waals surface area contributed by atoms with Gasteiger partial charge in [0, 0.05) is 49.9 Å². The standard InChI is InChI=1S/C33H41FN4O4/c1-21(2)13-29(38-19-24(9-10-30(38)39)18-37-12-11-27(34)20-37)33(41)36-28(15-31(40)42-5)25-14-26(17-35-16-25)32-22(3)7-6-8-23(32)4/h6-10,14,16-17,19,21,27-29H,11-13,15,18,20H2,1-5H3,(H,36,41)/t27-,28?,29?/m1/s1.